The minimum Gasteiger partial charge on any atom is -0.496 e. The van der Waals surface area contributed by atoms with Gasteiger partial charge in [0.2, 0.25) is 0 Å². The summed E-state index contributed by atoms with van der Waals surface area (Å²) >= 11 is 0. The topological polar surface area (TPSA) is 55.4 Å². The zero-order chi connectivity index (χ0) is 18.0. The van der Waals surface area contributed by atoms with Crippen LogP contribution >= 0.6 is 0 Å². The van der Waals surface area contributed by atoms with E-state index < -0.39 is 21.8 Å². The van der Waals surface area contributed by atoms with E-state index in [1.165, 1.54) is 19.2 Å². The second kappa shape index (κ2) is 6.72. The Morgan fingerprint density at radius 2 is 1.71 bits per heavy atom. The largest absolute Gasteiger partial charge is 0.496 e. The molecule has 0 aliphatic carbocycles. The number of aryl methyl sites for hydroxylation is 1. The molecule has 2 aromatic carbocycles. The van der Waals surface area contributed by atoms with Gasteiger partial charge in [-0.15, -0.1) is 0 Å². The first kappa shape index (κ1) is 18.1. The Bertz CT molecular complexity index is 815. The average molecular weight is 359 g/mol. The Morgan fingerprint density at radius 1 is 1.08 bits per heavy atom. The Morgan fingerprint density at radius 3 is 2.21 bits per heavy atom. The maximum atomic E-state index is 12.5. The second-order valence-electron chi connectivity index (χ2n) is 5.01. The highest BCUT2D eigenvalue weighted by Gasteiger charge is 2.30. The predicted molar refractivity (Wildman–Crippen MR) is 84.6 cm³/mol. The highest BCUT2D eigenvalue weighted by molar-refractivity contribution is 7.92. The first-order valence-corrected chi connectivity index (χ1v) is 8.52. The van der Waals surface area contributed by atoms with E-state index in [0.29, 0.717) is 17.7 Å². The van der Waals surface area contributed by atoms with Crippen LogP contribution < -0.4 is 9.46 Å². The van der Waals surface area contributed by atoms with Crippen LogP contribution in [-0.4, -0.2) is 15.5 Å². The average Bonchev–Trinajstić information content (AvgIpc) is 2.53. The molecule has 0 spiro atoms. The van der Waals surface area contributed by atoms with Crippen LogP contribution in [0.2, 0.25) is 0 Å². The lowest BCUT2D eigenvalue weighted by Gasteiger charge is -2.12. The molecule has 8 heteroatoms. The highest BCUT2D eigenvalue weighted by Crippen LogP contribution is 2.30. The van der Waals surface area contributed by atoms with Gasteiger partial charge in [-0.1, -0.05) is 6.92 Å². The summed E-state index contributed by atoms with van der Waals surface area (Å²) in [6.45, 7) is 1.86. The monoisotopic (exact) mass is 359 g/mol. The lowest BCUT2D eigenvalue weighted by molar-refractivity contribution is -0.137. The van der Waals surface area contributed by atoms with Gasteiger partial charge in [0.25, 0.3) is 10.0 Å². The molecule has 0 unspecified atom stereocenters. The van der Waals surface area contributed by atoms with E-state index >= 15 is 0 Å². The van der Waals surface area contributed by atoms with Gasteiger partial charge in [-0.2, -0.15) is 13.2 Å². The molecule has 0 atom stereocenters. The SMILES string of the molecule is CCc1cc(S(=O)(=O)Nc2ccc(C(F)(F)F)cc2)ccc1OC. The molecule has 2 rings (SSSR count). The van der Waals surface area contributed by atoms with Crippen LogP contribution in [0.15, 0.2) is 47.4 Å². The van der Waals surface area contributed by atoms with Crippen molar-refractivity contribution in [2.75, 3.05) is 11.8 Å². The fraction of sp³-hybridized carbons (Fsp3) is 0.250. The summed E-state index contributed by atoms with van der Waals surface area (Å²) in [4.78, 5) is 0.0139. The van der Waals surface area contributed by atoms with Crippen LogP contribution in [0, 0.1) is 0 Å². The summed E-state index contributed by atoms with van der Waals surface area (Å²) < 4.78 is 69.7. The van der Waals surface area contributed by atoms with Crippen LogP contribution in [0.1, 0.15) is 18.1 Å². The number of hydrogen-bond donors (Lipinski definition) is 1. The van der Waals surface area contributed by atoms with Crippen LogP contribution in [0.3, 0.4) is 0 Å². The maximum absolute atomic E-state index is 12.5. The molecule has 0 radical (unpaired) electrons. The minimum absolute atomic E-state index is 0.0139. The molecule has 0 aliphatic rings. The number of methoxy groups -OCH3 is 1. The predicted octanol–water partition coefficient (Wildman–Crippen LogP) is 4.08. The van der Waals surface area contributed by atoms with Crippen molar-refractivity contribution in [1.82, 2.24) is 0 Å². The van der Waals surface area contributed by atoms with Gasteiger partial charge in [0, 0.05) is 5.69 Å². The molecule has 0 bridgehead atoms. The third-order valence-electron chi connectivity index (χ3n) is 3.41. The highest BCUT2D eigenvalue weighted by atomic mass is 32.2. The summed E-state index contributed by atoms with van der Waals surface area (Å²) in [7, 11) is -2.42. The van der Waals surface area contributed by atoms with Gasteiger partial charge in [0.15, 0.2) is 0 Å². The van der Waals surface area contributed by atoms with Crippen molar-refractivity contribution in [2.45, 2.75) is 24.4 Å². The summed E-state index contributed by atoms with van der Waals surface area (Å²) in [5, 5.41) is 0. The van der Waals surface area contributed by atoms with Crippen molar-refractivity contribution < 1.29 is 26.3 Å². The van der Waals surface area contributed by atoms with Gasteiger partial charge < -0.3 is 4.74 Å². The molecule has 0 saturated heterocycles. The molecule has 0 fully saturated rings. The Labute approximate surface area is 138 Å². The molecular weight excluding hydrogens is 343 g/mol. The van der Waals surface area contributed by atoms with E-state index in [0.717, 1.165) is 24.3 Å². The normalized spacial score (nSPS) is 12.0. The van der Waals surface area contributed by atoms with Gasteiger partial charge in [-0.3, -0.25) is 4.72 Å². The fourth-order valence-electron chi connectivity index (χ4n) is 2.14. The summed E-state index contributed by atoms with van der Waals surface area (Å²) in [5.74, 6) is 0.575. The van der Waals surface area contributed by atoms with Crippen LogP contribution in [0.5, 0.6) is 5.75 Å². The number of alkyl halides is 3. The quantitative estimate of drug-likeness (QED) is 0.875. The zero-order valence-electron chi connectivity index (χ0n) is 13.0. The Kier molecular flexibility index (Phi) is 5.08. The lowest BCUT2D eigenvalue weighted by atomic mass is 10.1. The first-order chi connectivity index (χ1) is 11.2. The van der Waals surface area contributed by atoms with Gasteiger partial charge in [-0.05, 0) is 54.4 Å². The third kappa shape index (κ3) is 4.00. The fourth-order valence-corrected chi connectivity index (χ4v) is 3.25. The van der Waals surface area contributed by atoms with E-state index in [9.17, 15) is 21.6 Å². The first-order valence-electron chi connectivity index (χ1n) is 7.04. The molecule has 24 heavy (non-hydrogen) atoms. The van der Waals surface area contributed by atoms with Crippen molar-refractivity contribution in [2.24, 2.45) is 0 Å². The lowest BCUT2D eigenvalue weighted by Crippen LogP contribution is -2.14. The molecular formula is C16H16F3NO3S. The number of benzene rings is 2. The smallest absolute Gasteiger partial charge is 0.416 e. The number of rotatable bonds is 5. The molecule has 0 heterocycles. The van der Waals surface area contributed by atoms with Crippen molar-refractivity contribution in [3.63, 3.8) is 0 Å². The van der Waals surface area contributed by atoms with Crippen LogP contribution in [0.25, 0.3) is 0 Å². The van der Waals surface area contributed by atoms with E-state index in [4.69, 9.17) is 4.74 Å². The van der Waals surface area contributed by atoms with E-state index in [1.807, 2.05) is 6.92 Å². The summed E-state index contributed by atoms with van der Waals surface area (Å²) in [6.07, 6.45) is -3.89. The summed E-state index contributed by atoms with van der Waals surface area (Å²) in [5.41, 5.74) is -0.0761. The van der Waals surface area contributed by atoms with E-state index in [1.54, 1.807) is 6.07 Å². The second-order valence-corrected chi connectivity index (χ2v) is 6.69. The third-order valence-corrected chi connectivity index (χ3v) is 4.79. The molecule has 0 aliphatic heterocycles. The maximum Gasteiger partial charge on any atom is 0.416 e. The van der Waals surface area contributed by atoms with Gasteiger partial charge >= 0.3 is 6.18 Å². The number of ether oxygens (including phenoxy) is 1. The standard InChI is InChI=1S/C16H16F3NO3S/c1-3-11-10-14(8-9-15(11)23-2)24(21,22)20-13-6-4-12(5-7-13)16(17,18)19/h4-10,20H,3H2,1-2H3. The van der Waals surface area contributed by atoms with Crippen molar-refractivity contribution >= 4 is 15.7 Å². The van der Waals surface area contributed by atoms with Crippen molar-refractivity contribution in [3.05, 3.63) is 53.6 Å². The number of nitrogens with one attached hydrogen (secondary N) is 1. The van der Waals surface area contributed by atoms with Crippen LogP contribution in [-0.2, 0) is 22.6 Å². The molecule has 130 valence electrons. The number of sulfonamides is 1. The Balaban J connectivity index is 2.28. The number of anilines is 1. The molecule has 0 saturated carbocycles. The molecule has 4 nitrogen and oxygen atoms in total. The van der Waals surface area contributed by atoms with Crippen molar-refractivity contribution in [3.8, 4) is 5.75 Å². The Hall–Kier alpha value is -2.22. The van der Waals surface area contributed by atoms with Crippen LogP contribution in [0.4, 0.5) is 18.9 Å². The molecule has 0 amide bonds. The molecule has 2 aromatic rings. The zero-order valence-corrected chi connectivity index (χ0v) is 13.8. The van der Waals surface area contributed by atoms with E-state index in [2.05, 4.69) is 4.72 Å². The number of halogens is 3. The molecule has 1 N–H and O–H groups in total. The van der Waals surface area contributed by atoms with E-state index in [-0.39, 0.29) is 10.6 Å². The minimum atomic E-state index is -4.47. The van der Waals surface area contributed by atoms with Gasteiger partial charge in [-0.25, -0.2) is 8.42 Å². The van der Waals surface area contributed by atoms with Gasteiger partial charge in [0.1, 0.15) is 5.75 Å². The summed E-state index contributed by atoms with van der Waals surface area (Å²) in [6, 6.07) is 8.19. The number of hydrogen-bond acceptors (Lipinski definition) is 3. The molecule has 0 aromatic heterocycles. The van der Waals surface area contributed by atoms with Crippen molar-refractivity contribution in [1.29, 1.82) is 0 Å². The van der Waals surface area contributed by atoms with Gasteiger partial charge in [0.05, 0.1) is 17.6 Å².